The molecule has 6 heteroatoms. The Kier molecular flexibility index (Phi) is 10.5. The van der Waals surface area contributed by atoms with Gasteiger partial charge in [0.05, 0.1) is 45.7 Å². The van der Waals surface area contributed by atoms with Crippen molar-refractivity contribution in [1.82, 2.24) is 4.90 Å². The SMILES string of the molecule is CC(C)(C)OC(=O)N1CCC(c2ccc(COCCOCc3ccccc3)cc2)C(OCc2ccc3ccccc3c2)C1. The standard InChI is InChI=1S/C37H43NO5/c1-37(2,3)43-36(39)38-20-19-34(35(24-38)42-27-30-15-16-31-11-7-8-12-33(31)23-30)32-17-13-29(14-18-32)26-41-22-21-40-25-28-9-5-4-6-10-28/h4-18,23,34-35H,19-22,24-27H2,1-3H3. The molecule has 2 atom stereocenters. The van der Waals surface area contributed by atoms with Crippen LogP contribution in [0, 0.1) is 0 Å². The maximum Gasteiger partial charge on any atom is 0.410 e. The maximum absolute atomic E-state index is 12.9. The summed E-state index contributed by atoms with van der Waals surface area (Å²) in [4.78, 5) is 14.7. The van der Waals surface area contributed by atoms with Crippen LogP contribution in [0.2, 0.25) is 0 Å². The first-order chi connectivity index (χ1) is 20.8. The van der Waals surface area contributed by atoms with Gasteiger partial charge in [0.1, 0.15) is 5.60 Å². The van der Waals surface area contributed by atoms with E-state index in [4.69, 9.17) is 18.9 Å². The topological polar surface area (TPSA) is 57.2 Å². The number of rotatable bonds is 11. The number of hydrogen-bond donors (Lipinski definition) is 0. The number of ether oxygens (including phenoxy) is 4. The number of nitrogens with zero attached hydrogens (tertiary/aromatic N) is 1. The van der Waals surface area contributed by atoms with E-state index in [9.17, 15) is 4.79 Å². The van der Waals surface area contributed by atoms with Gasteiger partial charge in [-0.25, -0.2) is 4.79 Å². The number of benzene rings is 4. The number of hydrogen-bond acceptors (Lipinski definition) is 5. The number of piperidine rings is 1. The van der Waals surface area contributed by atoms with Crippen molar-refractivity contribution in [2.24, 2.45) is 0 Å². The lowest BCUT2D eigenvalue weighted by Crippen LogP contribution is -2.48. The molecule has 1 aliphatic rings. The lowest BCUT2D eigenvalue weighted by atomic mass is 9.86. The van der Waals surface area contributed by atoms with Crippen LogP contribution in [-0.4, -0.2) is 49.0 Å². The van der Waals surface area contributed by atoms with E-state index in [1.165, 1.54) is 16.3 Å². The summed E-state index contributed by atoms with van der Waals surface area (Å²) in [5.41, 5.74) is 4.07. The highest BCUT2D eigenvalue weighted by Gasteiger charge is 2.35. The number of likely N-dealkylation sites (tertiary alicyclic amines) is 1. The molecule has 0 aliphatic carbocycles. The average molecular weight is 582 g/mol. The normalized spacial score (nSPS) is 17.2. The van der Waals surface area contributed by atoms with E-state index in [0.29, 0.717) is 46.1 Å². The molecule has 4 aromatic carbocycles. The molecular weight excluding hydrogens is 538 g/mol. The van der Waals surface area contributed by atoms with Crippen molar-refractivity contribution in [3.63, 3.8) is 0 Å². The molecule has 5 rings (SSSR count). The van der Waals surface area contributed by atoms with Crippen molar-refractivity contribution in [2.45, 2.75) is 64.6 Å². The zero-order chi connectivity index (χ0) is 30.1. The molecule has 0 saturated carbocycles. The molecule has 6 nitrogen and oxygen atoms in total. The van der Waals surface area contributed by atoms with Crippen molar-refractivity contribution in [2.75, 3.05) is 26.3 Å². The molecule has 0 N–H and O–H groups in total. The van der Waals surface area contributed by atoms with E-state index < -0.39 is 5.60 Å². The summed E-state index contributed by atoms with van der Waals surface area (Å²) in [6, 6.07) is 33.5. The zero-order valence-corrected chi connectivity index (χ0v) is 25.5. The van der Waals surface area contributed by atoms with Crippen LogP contribution >= 0.6 is 0 Å². The van der Waals surface area contributed by atoms with Crippen LogP contribution in [0.25, 0.3) is 10.8 Å². The molecule has 0 radical (unpaired) electrons. The van der Waals surface area contributed by atoms with Crippen LogP contribution in [0.3, 0.4) is 0 Å². The molecule has 1 saturated heterocycles. The third-order valence-electron chi connectivity index (χ3n) is 7.65. The van der Waals surface area contributed by atoms with Gasteiger partial charge in [-0.05, 0) is 66.3 Å². The Morgan fingerprint density at radius 2 is 1.37 bits per heavy atom. The third kappa shape index (κ3) is 9.14. The molecule has 1 aliphatic heterocycles. The van der Waals surface area contributed by atoms with Crippen molar-refractivity contribution in [1.29, 1.82) is 0 Å². The second-order valence-electron chi connectivity index (χ2n) is 12.2. The van der Waals surface area contributed by atoms with E-state index >= 15 is 0 Å². The number of amides is 1. The third-order valence-corrected chi connectivity index (χ3v) is 7.65. The monoisotopic (exact) mass is 581 g/mol. The molecule has 1 amide bonds. The first-order valence-corrected chi connectivity index (χ1v) is 15.2. The summed E-state index contributed by atoms with van der Waals surface area (Å²) in [6.45, 7) is 9.51. The van der Waals surface area contributed by atoms with Crippen LogP contribution in [0.1, 0.15) is 55.4 Å². The van der Waals surface area contributed by atoms with Crippen molar-refractivity contribution in [3.05, 3.63) is 119 Å². The van der Waals surface area contributed by atoms with Crippen molar-refractivity contribution >= 4 is 16.9 Å². The second kappa shape index (κ2) is 14.6. The fraction of sp³-hybridized carbons (Fsp3) is 0.378. The Balaban J connectivity index is 1.18. The van der Waals surface area contributed by atoms with E-state index in [-0.39, 0.29) is 18.1 Å². The molecule has 0 aromatic heterocycles. The highest BCUT2D eigenvalue weighted by Crippen LogP contribution is 2.32. The molecule has 0 bridgehead atoms. The van der Waals surface area contributed by atoms with E-state index in [1.54, 1.807) is 4.90 Å². The van der Waals surface area contributed by atoms with Gasteiger partial charge in [0.25, 0.3) is 0 Å². The quantitative estimate of drug-likeness (QED) is 0.169. The summed E-state index contributed by atoms with van der Waals surface area (Å²) >= 11 is 0. The van der Waals surface area contributed by atoms with Gasteiger partial charge in [-0.1, -0.05) is 91.0 Å². The van der Waals surface area contributed by atoms with E-state index in [1.807, 2.05) is 39.0 Å². The Bertz CT molecular complexity index is 1450. The van der Waals surface area contributed by atoms with Gasteiger partial charge >= 0.3 is 6.09 Å². The molecule has 43 heavy (non-hydrogen) atoms. The van der Waals surface area contributed by atoms with Gasteiger partial charge in [-0.3, -0.25) is 0 Å². The fourth-order valence-corrected chi connectivity index (χ4v) is 5.42. The average Bonchev–Trinajstić information content (AvgIpc) is 3.01. The highest BCUT2D eigenvalue weighted by atomic mass is 16.6. The molecule has 2 unspecified atom stereocenters. The van der Waals surface area contributed by atoms with Crippen molar-refractivity contribution in [3.8, 4) is 0 Å². The minimum absolute atomic E-state index is 0.156. The van der Waals surface area contributed by atoms with E-state index in [2.05, 4.69) is 78.9 Å². The molecule has 1 fully saturated rings. The maximum atomic E-state index is 12.9. The minimum atomic E-state index is -0.540. The number of carbonyl (C=O) groups excluding carboxylic acids is 1. The summed E-state index contributed by atoms with van der Waals surface area (Å²) < 4.78 is 23.8. The Morgan fingerprint density at radius 3 is 2.07 bits per heavy atom. The van der Waals surface area contributed by atoms with Crippen LogP contribution in [0.4, 0.5) is 4.79 Å². The summed E-state index contributed by atoms with van der Waals surface area (Å²) in [7, 11) is 0. The van der Waals surface area contributed by atoms with Crippen molar-refractivity contribution < 1.29 is 23.7 Å². The number of fused-ring (bicyclic) bond motifs is 1. The Hall–Kier alpha value is -3.71. The Labute approximate surface area is 255 Å². The van der Waals surface area contributed by atoms with Gasteiger partial charge in [-0.15, -0.1) is 0 Å². The highest BCUT2D eigenvalue weighted by molar-refractivity contribution is 5.82. The molecular formula is C37H43NO5. The van der Waals surface area contributed by atoms with Gasteiger partial charge in [-0.2, -0.15) is 0 Å². The van der Waals surface area contributed by atoms with Gasteiger partial charge in [0, 0.05) is 12.5 Å². The predicted octanol–water partition coefficient (Wildman–Crippen LogP) is 7.88. The van der Waals surface area contributed by atoms with E-state index in [0.717, 1.165) is 23.1 Å². The van der Waals surface area contributed by atoms with Crippen LogP contribution in [0.5, 0.6) is 0 Å². The van der Waals surface area contributed by atoms with Crippen LogP contribution in [0.15, 0.2) is 97.1 Å². The molecule has 0 spiro atoms. The zero-order valence-electron chi connectivity index (χ0n) is 25.5. The van der Waals surface area contributed by atoms with Crippen LogP contribution < -0.4 is 0 Å². The first-order valence-electron chi connectivity index (χ1n) is 15.2. The minimum Gasteiger partial charge on any atom is -0.444 e. The largest absolute Gasteiger partial charge is 0.444 e. The van der Waals surface area contributed by atoms with Gasteiger partial charge < -0.3 is 23.8 Å². The molecule has 4 aromatic rings. The Morgan fingerprint density at radius 1 is 0.744 bits per heavy atom. The molecule has 1 heterocycles. The lowest BCUT2D eigenvalue weighted by molar-refractivity contribution is -0.0359. The molecule has 226 valence electrons. The van der Waals surface area contributed by atoms with Gasteiger partial charge in [0.2, 0.25) is 0 Å². The smallest absolute Gasteiger partial charge is 0.410 e. The summed E-state index contributed by atoms with van der Waals surface area (Å²) in [5, 5.41) is 2.40. The summed E-state index contributed by atoms with van der Waals surface area (Å²) in [6.07, 6.45) is 0.359. The fourth-order valence-electron chi connectivity index (χ4n) is 5.42. The second-order valence-corrected chi connectivity index (χ2v) is 12.2. The van der Waals surface area contributed by atoms with Crippen LogP contribution in [-0.2, 0) is 38.8 Å². The predicted molar refractivity (Wildman–Crippen MR) is 170 cm³/mol. The summed E-state index contributed by atoms with van der Waals surface area (Å²) in [5.74, 6) is 0.167. The first kappa shape index (κ1) is 30.7. The lowest BCUT2D eigenvalue weighted by Gasteiger charge is -2.39. The van der Waals surface area contributed by atoms with Gasteiger partial charge in [0.15, 0.2) is 0 Å². The number of carbonyl (C=O) groups is 1.